The molecule has 2 rings (SSSR count). The topological polar surface area (TPSA) is 47.7 Å². The summed E-state index contributed by atoms with van der Waals surface area (Å²) in [6.45, 7) is 4.21. The van der Waals surface area contributed by atoms with Gasteiger partial charge in [0.1, 0.15) is 11.6 Å². The van der Waals surface area contributed by atoms with Crippen molar-refractivity contribution in [3.8, 4) is 5.75 Å². The quantitative estimate of drug-likeness (QED) is 0.876. The minimum atomic E-state index is -0.234. The number of nitrogens with two attached hydrogens (primary N) is 1. The summed E-state index contributed by atoms with van der Waals surface area (Å²) in [5, 5.41) is 0. The average Bonchev–Trinajstić information content (AvgIpc) is 2.46. The molecule has 4 nitrogen and oxygen atoms in total. The monoisotopic (exact) mass is 296 g/mol. The van der Waals surface area contributed by atoms with Gasteiger partial charge in [-0.05, 0) is 31.9 Å². The molecular formula is C16H25FN2O2. The summed E-state index contributed by atoms with van der Waals surface area (Å²) >= 11 is 0. The summed E-state index contributed by atoms with van der Waals surface area (Å²) in [5.74, 6) is 0.329. The average molecular weight is 296 g/mol. The summed E-state index contributed by atoms with van der Waals surface area (Å²) in [4.78, 5) is 2.05. The molecule has 1 atom stereocenters. The van der Waals surface area contributed by atoms with Gasteiger partial charge in [-0.1, -0.05) is 0 Å². The highest BCUT2D eigenvalue weighted by Crippen LogP contribution is 2.27. The molecule has 1 unspecified atom stereocenters. The van der Waals surface area contributed by atoms with Gasteiger partial charge < -0.3 is 20.1 Å². The first-order chi connectivity index (χ1) is 10.1. The molecule has 0 aliphatic carbocycles. The van der Waals surface area contributed by atoms with Crippen LogP contribution in [0.1, 0.15) is 26.2 Å². The van der Waals surface area contributed by atoms with Crippen LogP contribution in [0, 0.1) is 5.82 Å². The van der Waals surface area contributed by atoms with Gasteiger partial charge in [-0.25, -0.2) is 4.39 Å². The van der Waals surface area contributed by atoms with E-state index in [9.17, 15) is 4.39 Å². The van der Waals surface area contributed by atoms with Gasteiger partial charge in [0, 0.05) is 45.3 Å². The van der Waals surface area contributed by atoms with Crippen molar-refractivity contribution in [1.29, 1.82) is 0 Å². The molecule has 1 aliphatic heterocycles. The van der Waals surface area contributed by atoms with Crippen molar-refractivity contribution in [1.82, 2.24) is 0 Å². The lowest BCUT2D eigenvalue weighted by Gasteiger charge is -2.32. The number of piperidine rings is 1. The van der Waals surface area contributed by atoms with Crippen LogP contribution in [0.4, 0.5) is 10.1 Å². The molecule has 21 heavy (non-hydrogen) atoms. The van der Waals surface area contributed by atoms with Crippen molar-refractivity contribution < 1.29 is 13.9 Å². The number of hydrogen-bond donors (Lipinski definition) is 1. The van der Waals surface area contributed by atoms with Crippen molar-refractivity contribution in [3.05, 3.63) is 24.0 Å². The third-order valence-corrected chi connectivity index (χ3v) is 3.87. The van der Waals surface area contributed by atoms with Crippen LogP contribution in [0.5, 0.6) is 5.75 Å². The SMILES string of the molecule is COCCC(C)Oc1ccc(N2CCC(N)CC2)c(F)c1. The zero-order chi connectivity index (χ0) is 15.2. The summed E-state index contributed by atoms with van der Waals surface area (Å²) in [6.07, 6.45) is 2.60. The molecule has 0 radical (unpaired) electrons. The Morgan fingerprint density at radius 2 is 2.10 bits per heavy atom. The van der Waals surface area contributed by atoms with E-state index in [2.05, 4.69) is 4.90 Å². The molecule has 0 spiro atoms. The second-order valence-corrected chi connectivity index (χ2v) is 5.65. The van der Waals surface area contributed by atoms with Gasteiger partial charge in [-0.15, -0.1) is 0 Å². The molecule has 0 amide bonds. The van der Waals surface area contributed by atoms with E-state index in [-0.39, 0.29) is 18.0 Å². The maximum atomic E-state index is 14.3. The van der Waals surface area contributed by atoms with Gasteiger partial charge in [0.2, 0.25) is 0 Å². The van der Waals surface area contributed by atoms with Crippen molar-refractivity contribution in [3.63, 3.8) is 0 Å². The number of rotatable bonds is 6. The number of benzene rings is 1. The van der Waals surface area contributed by atoms with Crippen LogP contribution < -0.4 is 15.4 Å². The third kappa shape index (κ3) is 4.58. The molecule has 0 aromatic heterocycles. The van der Waals surface area contributed by atoms with Crippen molar-refractivity contribution in [2.24, 2.45) is 5.73 Å². The number of halogens is 1. The highest BCUT2D eigenvalue weighted by atomic mass is 19.1. The highest BCUT2D eigenvalue weighted by Gasteiger charge is 2.19. The van der Waals surface area contributed by atoms with Crippen molar-refractivity contribution >= 4 is 5.69 Å². The van der Waals surface area contributed by atoms with Gasteiger partial charge in [0.25, 0.3) is 0 Å². The fraction of sp³-hybridized carbons (Fsp3) is 0.625. The Morgan fingerprint density at radius 3 is 2.71 bits per heavy atom. The standard InChI is InChI=1S/C16H25FN2O2/c1-12(7-10-20-2)21-14-3-4-16(15(17)11-14)19-8-5-13(18)6-9-19/h3-4,11-13H,5-10,18H2,1-2H3. The van der Waals surface area contributed by atoms with Gasteiger partial charge in [-0.3, -0.25) is 0 Å². The van der Waals surface area contributed by atoms with E-state index >= 15 is 0 Å². The zero-order valence-corrected chi connectivity index (χ0v) is 12.8. The lowest BCUT2D eigenvalue weighted by atomic mass is 10.1. The molecule has 2 N–H and O–H groups in total. The van der Waals surface area contributed by atoms with Crippen LogP contribution >= 0.6 is 0 Å². The molecular weight excluding hydrogens is 271 g/mol. The number of hydrogen-bond acceptors (Lipinski definition) is 4. The Kier molecular flexibility index (Phi) is 5.82. The number of ether oxygens (including phenoxy) is 2. The minimum absolute atomic E-state index is 0.00295. The largest absolute Gasteiger partial charge is 0.491 e. The highest BCUT2D eigenvalue weighted by molar-refractivity contribution is 5.51. The first kappa shape index (κ1) is 16.0. The van der Waals surface area contributed by atoms with E-state index in [1.807, 2.05) is 13.0 Å². The van der Waals surface area contributed by atoms with Gasteiger partial charge in [0.05, 0.1) is 11.8 Å². The van der Waals surface area contributed by atoms with Crippen molar-refractivity contribution in [2.75, 3.05) is 31.7 Å². The van der Waals surface area contributed by atoms with Gasteiger partial charge >= 0.3 is 0 Å². The van der Waals surface area contributed by atoms with Gasteiger partial charge in [-0.2, -0.15) is 0 Å². The normalized spacial score (nSPS) is 17.8. The van der Waals surface area contributed by atoms with Crippen LogP contribution in [0.2, 0.25) is 0 Å². The number of methoxy groups -OCH3 is 1. The van der Waals surface area contributed by atoms with E-state index in [1.54, 1.807) is 13.2 Å². The third-order valence-electron chi connectivity index (χ3n) is 3.87. The molecule has 0 saturated carbocycles. The van der Waals surface area contributed by atoms with E-state index in [0.29, 0.717) is 18.0 Å². The summed E-state index contributed by atoms with van der Waals surface area (Å²) in [7, 11) is 1.66. The lowest BCUT2D eigenvalue weighted by Crippen LogP contribution is -2.40. The fourth-order valence-electron chi connectivity index (χ4n) is 2.53. The van der Waals surface area contributed by atoms with Crippen LogP contribution in [-0.4, -0.2) is 39.0 Å². The molecule has 1 heterocycles. The Hall–Kier alpha value is -1.33. The molecule has 1 fully saturated rings. The Balaban J connectivity index is 1.97. The summed E-state index contributed by atoms with van der Waals surface area (Å²) < 4.78 is 25.0. The van der Waals surface area contributed by atoms with E-state index in [0.717, 1.165) is 32.4 Å². The predicted octanol–water partition coefficient (Wildman–Crippen LogP) is 2.56. The minimum Gasteiger partial charge on any atom is -0.491 e. The molecule has 0 bridgehead atoms. The first-order valence-electron chi connectivity index (χ1n) is 7.56. The van der Waals surface area contributed by atoms with E-state index in [4.69, 9.17) is 15.2 Å². The Morgan fingerprint density at radius 1 is 1.38 bits per heavy atom. The summed E-state index contributed by atoms with van der Waals surface area (Å²) in [5.41, 5.74) is 6.52. The van der Waals surface area contributed by atoms with Gasteiger partial charge in [0.15, 0.2) is 0 Å². The molecule has 1 aromatic rings. The predicted molar refractivity (Wildman–Crippen MR) is 82.4 cm³/mol. The molecule has 118 valence electrons. The number of anilines is 1. The van der Waals surface area contributed by atoms with E-state index < -0.39 is 0 Å². The second-order valence-electron chi connectivity index (χ2n) is 5.65. The Bertz CT molecular complexity index is 448. The van der Waals surface area contributed by atoms with Crippen LogP contribution in [0.25, 0.3) is 0 Å². The van der Waals surface area contributed by atoms with Crippen LogP contribution in [0.3, 0.4) is 0 Å². The maximum Gasteiger partial charge on any atom is 0.150 e. The summed E-state index contributed by atoms with van der Waals surface area (Å²) in [6, 6.07) is 5.34. The smallest absolute Gasteiger partial charge is 0.150 e. The zero-order valence-electron chi connectivity index (χ0n) is 12.8. The molecule has 1 aromatic carbocycles. The van der Waals surface area contributed by atoms with Crippen molar-refractivity contribution in [2.45, 2.75) is 38.3 Å². The maximum absolute atomic E-state index is 14.3. The lowest BCUT2D eigenvalue weighted by molar-refractivity contribution is 0.135. The first-order valence-corrected chi connectivity index (χ1v) is 7.56. The van der Waals surface area contributed by atoms with Crippen LogP contribution in [-0.2, 0) is 4.74 Å². The van der Waals surface area contributed by atoms with Crippen LogP contribution in [0.15, 0.2) is 18.2 Å². The Labute approximate surface area is 126 Å². The second kappa shape index (κ2) is 7.61. The number of nitrogens with zero attached hydrogens (tertiary/aromatic N) is 1. The molecule has 5 heteroatoms. The van der Waals surface area contributed by atoms with E-state index in [1.165, 1.54) is 6.07 Å². The fourth-order valence-corrected chi connectivity index (χ4v) is 2.53. The molecule has 1 saturated heterocycles. The molecule has 1 aliphatic rings.